The predicted molar refractivity (Wildman–Crippen MR) is 99.9 cm³/mol. The van der Waals surface area contributed by atoms with Gasteiger partial charge in [-0.3, -0.25) is 14.9 Å². The molecular formula is C19H15F3N4O3. The SMILES string of the molecule is O=c1[nH]cnc2cc(NCC3(c4cccc(C(F)(F)F)c4)CC3)c([N+](=O)[O-])cc12. The Labute approximate surface area is 161 Å². The summed E-state index contributed by atoms with van der Waals surface area (Å²) in [6.07, 6.45) is -1.90. The van der Waals surface area contributed by atoms with E-state index in [1.54, 1.807) is 6.07 Å². The highest BCUT2D eigenvalue weighted by Gasteiger charge is 2.45. The number of H-pyrrole nitrogens is 1. The monoisotopic (exact) mass is 404 g/mol. The molecule has 2 N–H and O–H groups in total. The standard InChI is InChI=1S/C19H15F3N4O3/c20-19(21,22)12-3-1-2-11(6-12)18(4-5-18)9-23-15-8-14-13(7-16(15)26(28)29)17(27)25-10-24-14/h1-3,6-8,10,23H,4-5,9H2,(H,24,25,27). The fourth-order valence-corrected chi connectivity index (χ4v) is 3.40. The molecule has 1 aromatic heterocycles. The van der Waals surface area contributed by atoms with Crippen LogP contribution >= 0.6 is 0 Å². The maximum absolute atomic E-state index is 13.0. The van der Waals surface area contributed by atoms with Crippen molar-refractivity contribution < 1.29 is 18.1 Å². The molecule has 150 valence electrons. The lowest BCUT2D eigenvalue weighted by molar-refractivity contribution is -0.383. The molecule has 1 aliphatic rings. The number of rotatable bonds is 5. The van der Waals surface area contributed by atoms with Crippen LogP contribution in [0.25, 0.3) is 10.9 Å². The number of benzene rings is 2. The fraction of sp³-hybridized carbons (Fsp3) is 0.263. The molecule has 29 heavy (non-hydrogen) atoms. The topological polar surface area (TPSA) is 101 Å². The Bertz CT molecular complexity index is 1170. The van der Waals surface area contributed by atoms with Gasteiger partial charge in [0.15, 0.2) is 0 Å². The fourth-order valence-electron chi connectivity index (χ4n) is 3.40. The molecule has 1 saturated carbocycles. The molecule has 0 spiro atoms. The number of fused-ring (bicyclic) bond motifs is 1. The maximum Gasteiger partial charge on any atom is 0.416 e. The smallest absolute Gasteiger partial charge is 0.379 e. The molecular weight excluding hydrogens is 389 g/mol. The average Bonchev–Trinajstić information content (AvgIpc) is 3.46. The summed E-state index contributed by atoms with van der Waals surface area (Å²) in [4.78, 5) is 29.1. The van der Waals surface area contributed by atoms with Crippen molar-refractivity contribution in [1.29, 1.82) is 0 Å². The third-order valence-corrected chi connectivity index (χ3v) is 5.23. The minimum Gasteiger partial charge on any atom is -0.379 e. The quantitative estimate of drug-likeness (QED) is 0.495. The Hall–Kier alpha value is -3.43. The van der Waals surface area contributed by atoms with Gasteiger partial charge < -0.3 is 10.3 Å². The number of hydrogen-bond acceptors (Lipinski definition) is 5. The van der Waals surface area contributed by atoms with E-state index in [4.69, 9.17) is 0 Å². The highest BCUT2D eigenvalue weighted by molar-refractivity contribution is 5.86. The molecule has 1 heterocycles. The number of nitro benzene ring substituents is 1. The van der Waals surface area contributed by atoms with Crippen molar-refractivity contribution in [2.45, 2.75) is 24.4 Å². The van der Waals surface area contributed by atoms with Crippen LogP contribution in [0, 0.1) is 10.1 Å². The van der Waals surface area contributed by atoms with Crippen molar-refractivity contribution in [2.24, 2.45) is 0 Å². The van der Waals surface area contributed by atoms with Crippen LogP contribution in [0.5, 0.6) is 0 Å². The van der Waals surface area contributed by atoms with Gasteiger partial charge in [0.1, 0.15) is 5.69 Å². The highest BCUT2D eigenvalue weighted by atomic mass is 19.4. The lowest BCUT2D eigenvalue weighted by Crippen LogP contribution is -2.21. The molecule has 0 atom stereocenters. The molecule has 1 aliphatic carbocycles. The summed E-state index contributed by atoms with van der Waals surface area (Å²) < 4.78 is 39.1. The van der Waals surface area contributed by atoms with Crippen LogP contribution in [0.15, 0.2) is 47.5 Å². The zero-order valence-electron chi connectivity index (χ0n) is 14.9. The Morgan fingerprint density at radius 2 is 2.00 bits per heavy atom. The summed E-state index contributed by atoms with van der Waals surface area (Å²) in [5.74, 6) is 0. The van der Waals surface area contributed by atoms with Gasteiger partial charge in [0.05, 0.1) is 27.7 Å². The Morgan fingerprint density at radius 3 is 2.66 bits per heavy atom. The van der Waals surface area contributed by atoms with Crippen LogP contribution in [0.3, 0.4) is 0 Å². The van der Waals surface area contributed by atoms with E-state index < -0.39 is 27.6 Å². The Morgan fingerprint density at radius 1 is 1.24 bits per heavy atom. The van der Waals surface area contributed by atoms with E-state index in [-0.39, 0.29) is 28.8 Å². The van der Waals surface area contributed by atoms with Gasteiger partial charge in [-0.1, -0.05) is 18.2 Å². The number of hydrogen-bond donors (Lipinski definition) is 2. The molecule has 0 unspecified atom stereocenters. The van der Waals surface area contributed by atoms with Crippen LogP contribution < -0.4 is 10.9 Å². The largest absolute Gasteiger partial charge is 0.416 e. The first-order chi connectivity index (χ1) is 13.7. The summed E-state index contributed by atoms with van der Waals surface area (Å²) in [6.45, 7) is 0.226. The number of nitrogens with one attached hydrogen (secondary N) is 2. The third kappa shape index (κ3) is 3.53. The molecule has 0 saturated heterocycles. The predicted octanol–water partition coefficient (Wildman–Crippen LogP) is 3.99. The highest BCUT2D eigenvalue weighted by Crippen LogP contribution is 2.49. The van der Waals surface area contributed by atoms with Crippen LogP contribution in [0.4, 0.5) is 24.5 Å². The first-order valence-electron chi connectivity index (χ1n) is 8.77. The van der Waals surface area contributed by atoms with Crippen LogP contribution in [-0.2, 0) is 11.6 Å². The van der Waals surface area contributed by atoms with E-state index in [1.165, 1.54) is 18.5 Å². The second kappa shape index (κ2) is 6.57. The Balaban J connectivity index is 1.65. The third-order valence-electron chi connectivity index (χ3n) is 5.23. The van der Waals surface area contributed by atoms with Crippen molar-refractivity contribution in [3.05, 3.63) is 74.3 Å². The number of aromatic nitrogens is 2. The van der Waals surface area contributed by atoms with E-state index in [0.717, 1.165) is 18.2 Å². The second-order valence-corrected chi connectivity index (χ2v) is 7.09. The van der Waals surface area contributed by atoms with Gasteiger partial charge in [-0.25, -0.2) is 4.98 Å². The molecule has 7 nitrogen and oxygen atoms in total. The minimum absolute atomic E-state index is 0.0868. The molecule has 0 aliphatic heterocycles. The number of aromatic amines is 1. The number of nitrogens with zero attached hydrogens (tertiary/aromatic N) is 2. The van der Waals surface area contributed by atoms with Crippen LogP contribution in [0.1, 0.15) is 24.0 Å². The summed E-state index contributed by atoms with van der Waals surface area (Å²) in [6, 6.07) is 7.71. The zero-order valence-corrected chi connectivity index (χ0v) is 14.9. The van der Waals surface area contributed by atoms with Crippen molar-refractivity contribution in [1.82, 2.24) is 9.97 Å². The van der Waals surface area contributed by atoms with Gasteiger partial charge in [-0.05, 0) is 30.5 Å². The average molecular weight is 404 g/mol. The molecule has 10 heteroatoms. The summed E-state index contributed by atoms with van der Waals surface area (Å²) in [5.41, 5.74) is -1.04. The lowest BCUT2D eigenvalue weighted by atomic mass is 9.94. The van der Waals surface area contributed by atoms with Gasteiger partial charge in [-0.2, -0.15) is 13.2 Å². The molecule has 3 aromatic rings. The first kappa shape index (κ1) is 18.9. The van der Waals surface area contributed by atoms with Gasteiger partial charge in [0, 0.05) is 18.0 Å². The summed E-state index contributed by atoms with van der Waals surface area (Å²) >= 11 is 0. The molecule has 0 radical (unpaired) electrons. The minimum atomic E-state index is -4.44. The normalized spacial score (nSPS) is 15.3. The van der Waals surface area contributed by atoms with Crippen molar-refractivity contribution in [3.63, 3.8) is 0 Å². The Kier molecular flexibility index (Phi) is 4.29. The summed E-state index contributed by atoms with van der Waals surface area (Å²) in [7, 11) is 0. The van der Waals surface area contributed by atoms with Gasteiger partial charge in [0.25, 0.3) is 11.2 Å². The molecule has 0 bridgehead atoms. The maximum atomic E-state index is 13.0. The van der Waals surface area contributed by atoms with Crippen LogP contribution in [0.2, 0.25) is 0 Å². The van der Waals surface area contributed by atoms with Crippen LogP contribution in [-0.4, -0.2) is 21.4 Å². The van der Waals surface area contributed by atoms with Gasteiger partial charge in [-0.15, -0.1) is 0 Å². The van der Waals surface area contributed by atoms with Crippen molar-refractivity contribution in [3.8, 4) is 0 Å². The molecule has 2 aromatic carbocycles. The second-order valence-electron chi connectivity index (χ2n) is 7.09. The molecule has 1 fully saturated rings. The van der Waals surface area contributed by atoms with E-state index >= 15 is 0 Å². The number of anilines is 1. The number of alkyl halides is 3. The van der Waals surface area contributed by atoms with Crippen molar-refractivity contribution in [2.75, 3.05) is 11.9 Å². The van der Waals surface area contributed by atoms with Gasteiger partial charge >= 0.3 is 6.18 Å². The van der Waals surface area contributed by atoms with E-state index in [1.807, 2.05) is 0 Å². The lowest BCUT2D eigenvalue weighted by Gasteiger charge is -2.19. The number of nitro groups is 1. The molecule has 4 rings (SSSR count). The summed E-state index contributed by atoms with van der Waals surface area (Å²) in [5, 5.41) is 14.5. The van der Waals surface area contributed by atoms with E-state index in [9.17, 15) is 28.1 Å². The number of halogens is 3. The zero-order chi connectivity index (χ0) is 20.8. The van der Waals surface area contributed by atoms with E-state index in [0.29, 0.717) is 18.4 Å². The van der Waals surface area contributed by atoms with Gasteiger partial charge in [0.2, 0.25) is 0 Å². The molecule has 0 amide bonds. The first-order valence-corrected chi connectivity index (χ1v) is 8.77. The van der Waals surface area contributed by atoms with E-state index in [2.05, 4.69) is 15.3 Å². The van der Waals surface area contributed by atoms with Crippen molar-refractivity contribution >= 4 is 22.3 Å².